The van der Waals surface area contributed by atoms with Gasteiger partial charge in [-0.3, -0.25) is 4.57 Å². The zero-order chi connectivity index (χ0) is 22.4. The van der Waals surface area contributed by atoms with Crippen LogP contribution >= 0.6 is 25.5 Å². The maximum atomic E-state index is 11.9. The molecule has 0 bridgehead atoms. The fourth-order valence-electron chi connectivity index (χ4n) is 2.59. The van der Waals surface area contributed by atoms with Crippen molar-refractivity contribution >= 4 is 31.3 Å². The van der Waals surface area contributed by atoms with Gasteiger partial charge < -0.3 is 34.4 Å². The van der Waals surface area contributed by atoms with Crippen LogP contribution in [0.5, 0.6) is 5.75 Å². The van der Waals surface area contributed by atoms with E-state index < -0.39 is 49.6 Å². The molecule has 0 saturated carbocycles. The summed E-state index contributed by atoms with van der Waals surface area (Å²) in [6, 6.07) is 9.58. The van der Waals surface area contributed by atoms with Crippen molar-refractivity contribution in [2.24, 2.45) is 0 Å². The molecule has 0 radical (unpaired) electrons. The van der Waals surface area contributed by atoms with Gasteiger partial charge in [0.2, 0.25) is 0 Å². The number of para-hydroxylation sites is 1. The van der Waals surface area contributed by atoms with Crippen LogP contribution < -0.4 is 15.9 Å². The van der Waals surface area contributed by atoms with E-state index in [0.717, 1.165) is 4.57 Å². The first kappa shape index (κ1) is 24.0. The number of aromatic nitrogens is 2. The number of aliphatic hydroxyl groups is 1. The largest absolute Gasteiger partial charge is 0.715 e. The molecule has 1 aromatic carbocycles. The second kappa shape index (κ2) is 11.3. The highest BCUT2D eigenvalue weighted by molar-refractivity contribution is 7.57. The van der Waals surface area contributed by atoms with Crippen LogP contribution in [0.25, 0.3) is 0 Å². The summed E-state index contributed by atoms with van der Waals surface area (Å²) in [4.78, 5) is 34.8. The highest BCUT2D eigenvalue weighted by Crippen LogP contribution is 2.52. The first-order chi connectivity index (χ1) is 14.8. The van der Waals surface area contributed by atoms with Crippen molar-refractivity contribution in [3.63, 3.8) is 0 Å². The number of hydrogen-bond acceptors (Lipinski definition) is 12. The Morgan fingerprint density at radius 1 is 1.23 bits per heavy atom. The van der Waals surface area contributed by atoms with Crippen molar-refractivity contribution in [2.75, 3.05) is 12.3 Å². The van der Waals surface area contributed by atoms with E-state index >= 15 is 0 Å². The standard InChI is InChI=1S/C15H18N3O10P3/c16-13-6-7-18(15(20)17-13)14-12(19)8-11(25-14)9-24-29(21)27-31(23)28-30(22)26-10-4-2-1-3-5-10/h1-7,11-12,14,19,21-22H,8-9H2,(H-,16,17,20)/p+1. The van der Waals surface area contributed by atoms with Crippen molar-refractivity contribution in [3.8, 4) is 5.75 Å². The number of nitrogens with two attached hydrogens (primary N) is 1. The molecule has 5 N–H and O–H groups in total. The third-order valence-corrected chi connectivity index (χ3v) is 6.78. The Labute approximate surface area is 179 Å². The molecule has 1 aliphatic heterocycles. The van der Waals surface area contributed by atoms with Gasteiger partial charge in [0.05, 0.1) is 12.7 Å². The zero-order valence-electron chi connectivity index (χ0n) is 15.7. The lowest BCUT2D eigenvalue weighted by molar-refractivity contribution is -0.0508. The number of hydrogen-bond donors (Lipinski definition) is 4. The van der Waals surface area contributed by atoms with Gasteiger partial charge in [0, 0.05) is 17.2 Å². The molecule has 0 amide bonds. The van der Waals surface area contributed by atoms with Crippen LogP contribution in [0.2, 0.25) is 0 Å². The molecule has 1 aliphatic rings. The first-order valence-corrected chi connectivity index (χ1v) is 12.0. The second-order valence-corrected chi connectivity index (χ2v) is 9.20. The quantitative estimate of drug-likeness (QED) is 0.351. The summed E-state index contributed by atoms with van der Waals surface area (Å²) in [5.74, 6) is 0.331. The van der Waals surface area contributed by atoms with E-state index in [1.807, 2.05) is 0 Å². The minimum atomic E-state index is -2.94. The molecule has 0 aliphatic carbocycles. The summed E-state index contributed by atoms with van der Waals surface area (Å²) in [7, 11) is -8.14. The van der Waals surface area contributed by atoms with Crippen molar-refractivity contribution in [2.45, 2.75) is 24.9 Å². The smallest absolute Gasteiger partial charge is 0.425 e. The van der Waals surface area contributed by atoms with E-state index in [2.05, 4.69) is 13.6 Å². The molecule has 31 heavy (non-hydrogen) atoms. The molecule has 0 spiro atoms. The molecule has 16 heteroatoms. The van der Waals surface area contributed by atoms with E-state index in [-0.39, 0.29) is 18.8 Å². The number of nitrogen functional groups attached to an aromatic ring is 1. The van der Waals surface area contributed by atoms with E-state index in [4.69, 9.17) is 19.5 Å². The highest BCUT2D eigenvalue weighted by Gasteiger charge is 2.38. The van der Waals surface area contributed by atoms with Crippen molar-refractivity contribution in [3.05, 3.63) is 53.1 Å². The minimum Gasteiger partial charge on any atom is -0.425 e. The first-order valence-electron chi connectivity index (χ1n) is 8.67. The van der Waals surface area contributed by atoms with Crippen LogP contribution in [-0.2, 0) is 22.4 Å². The number of nitrogens with zero attached hydrogens (tertiary/aromatic N) is 2. The van der Waals surface area contributed by atoms with Gasteiger partial charge in [0.15, 0.2) is 6.23 Å². The Bertz CT molecular complexity index is 936. The number of benzene rings is 1. The summed E-state index contributed by atoms with van der Waals surface area (Å²) < 4.78 is 37.7. The number of rotatable bonds is 10. The number of anilines is 1. The van der Waals surface area contributed by atoms with Gasteiger partial charge in [-0.1, -0.05) is 18.2 Å². The molecule has 1 saturated heterocycles. The maximum absolute atomic E-state index is 11.9. The molecular formula is C15H19N3O10P3+. The Morgan fingerprint density at radius 3 is 2.65 bits per heavy atom. The molecular weight excluding hydrogens is 475 g/mol. The zero-order valence-corrected chi connectivity index (χ0v) is 18.4. The molecule has 13 nitrogen and oxygen atoms in total. The number of ether oxygens (including phenoxy) is 1. The lowest BCUT2D eigenvalue weighted by atomic mass is 10.2. The molecule has 6 unspecified atom stereocenters. The predicted octanol–water partition coefficient (Wildman–Crippen LogP) is 1.70. The molecule has 1 fully saturated rings. The number of aliphatic hydroxyl groups excluding tert-OH is 1. The van der Waals surface area contributed by atoms with Gasteiger partial charge in [0.1, 0.15) is 17.7 Å². The predicted molar refractivity (Wildman–Crippen MR) is 109 cm³/mol. The Kier molecular flexibility index (Phi) is 8.76. The highest BCUT2D eigenvalue weighted by atomic mass is 31.3. The average molecular weight is 494 g/mol. The molecule has 168 valence electrons. The third-order valence-electron chi connectivity index (χ3n) is 3.86. The molecule has 3 rings (SSSR count). The van der Waals surface area contributed by atoms with Crippen LogP contribution in [0.1, 0.15) is 12.6 Å². The summed E-state index contributed by atoms with van der Waals surface area (Å²) in [6.07, 6.45) is -1.29. The van der Waals surface area contributed by atoms with Gasteiger partial charge >= 0.3 is 31.1 Å². The summed E-state index contributed by atoms with van der Waals surface area (Å²) in [5.41, 5.74) is 4.74. The van der Waals surface area contributed by atoms with Crippen LogP contribution in [0.4, 0.5) is 5.82 Å². The van der Waals surface area contributed by atoms with Crippen molar-refractivity contribution < 1.29 is 41.9 Å². The van der Waals surface area contributed by atoms with Crippen LogP contribution in [-0.4, -0.2) is 43.3 Å². The average Bonchev–Trinajstić information content (AvgIpc) is 3.07. The molecule has 2 heterocycles. The lowest BCUT2D eigenvalue weighted by Gasteiger charge is -2.17. The summed E-state index contributed by atoms with van der Waals surface area (Å²) >= 11 is 0. The van der Waals surface area contributed by atoms with Crippen molar-refractivity contribution in [1.82, 2.24) is 9.55 Å². The Balaban J connectivity index is 1.41. The van der Waals surface area contributed by atoms with E-state index in [9.17, 15) is 24.3 Å². The normalized spacial score (nSPS) is 23.3. The van der Waals surface area contributed by atoms with Crippen LogP contribution in [0.15, 0.2) is 47.4 Å². The van der Waals surface area contributed by atoms with Gasteiger partial charge in [-0.2, -0.15) is 4.98 Å². The maximum Gasteiger partial charge on any atom is 0.715 e. The molecule has 1 aromatic heterocycles. The van der Waals surface area contributed by atoms with E-state index in [0.29, 0.717) is 5.75 Å². The van der Waals surface area contributed by atoms with E-state index in [1.54, 1.807) is 30.3 Å². The van der Waals surface area contributed by atoms with Crippen molar-refractivity contribution in [1.29, 1.82) is 0 Å². The molecule has 2 aromatic rings. The summed E-state index contributed by atoms with van der Waals surface area (Å²) in [6.45, 7) is -0.232. The van der Waals surface area contributed by atoms with Gasteiger partial charge in [0.25, 0.3) is 0 Å². The fourth-order valence-corrected chi connectivity index (χ4v) is 4.81. The van der Waals surface area contributed by atoms with Crippen LogP contribution in [0.3, 0.4) is 0 Å². The minimum absolute atomic E-state index is 0.0359. The molecule has 6 atom stereocenters. The fraction of sp³-hybridized carbons (Fsp3) is 0.333. The monoisotopic (exact) mass is 494 g/mol. The Hall–Kier alpha value is -1.62. The SMILES string of the molecule is Nc1ccn(C2OC(COP(O)O[P+](=O)OP(O)Oc3ccccc3)CC2O)c(=O)n1. The van der Waals surface area contributed by atoms with Gasteiger partial charge in [-0.05, 0) is 26.8 Å². The topological polar surface area (TPSA) is 185 Å². The van der Waals surface area contributed by atoms with Gasteiger partial charge in [-0.15, -0.1) is 0 Å². The van der Waals surface area contributed by atoms with E-state index in [1.165, 1.54) is 12.3 Å². The van der Waals surface area contributed by atoms with Crippen LogP contribution in [0, 0.1) is 0 Å². The van der Waals surface area contributed by atoms with Gasteiger partial charge in [-0.25, -0.2) is 4.79 Å². The Morgan fingerprint density at radius 2 is 1.94 bits per heavy atom. The summed E-state index contributed by atoms with van der Waals surface area (Å²) in [5, 5.41) is 10.1. The lowest BCUT2D eigenvalue weighted by Crippen LogP contribution is -2.31. The third kappa shape index (κ3) is 7.20. The second-order valence-electron chi connectivity index (χ2n) is 6.06.